The van der Waals surface area contributed by atoms with Crippen LogP contribution in [0.3, 0.4) is 0 Å². The number of anilines is 1. The quantitative estimate of drug-likeness (QED) is 0.878. The normalized spacial score (nSPS) is 10.5. The topological polar surface area (TPSA) is 65.4 Å². The van der Waals surface area contributed by atoms with E-state index in [0.29, 0.717) is 27.9 Å². The summed E-state index contributed by atoms with van der Waals surface area (Å²) in [6.45, 7) is 2.04. The largest absolute Gasteiger partial charge is 0.493 e. The first-order valence-corrected chi connectivity index (χ1v) is 7.64. The standard InChI is InChI=1S/C16H20ClN3O3/c1-5-6-11-14(17)15(20(2)19-11)16(21)18-10-7-8-12(22-3)13(9-10)23-4/h7-9H,5-6H2,1-4H3,(H,18,21). The van der Waals surface area contributed by atoms with Gasteiger partial charge >= 0.3 is 0 Å². The average Bonchev–Trinajstić information content (AvgIpc) is 2.81. The molecule has 0 aliphatic rings. The van der Waals surface area contributed by atoms with Crippen molar-refractivity contribution in [3.05, 3.63) is 34.6 Å². The van der Waals surface area contributed by atoms with Gasteiger partial charge in [0.1, 0.15) is 5.69 Å². The lowest BCUT2D eigenvalue weighted by Gasteiger charge is -2.10. The van der Waals surface area contributed by atoms with Gasteiger partial charge in [-0.05, 0) is 18.6 Å². The molecule has 1 aromatic carbocycles. The Morgan fingerprint density at radius 3 is 2.61 bits per heavy atom. The van der Waals surface area contributed by atoms with E-state index in [0.717, 1.165) is 18.5 Å². The van der Waals surface area contributed by atoms with Crippen molar-refractivity contribution >= 4 is 23.2 Å². The number of ether oxygens (including phenoxy) is 2. The molecule has 1 heterocycles. The van der Waals surface area contributed by atoms with E-state index in [4.69, 9.17) is 21.1 Å². The lowest BCUT2D eigenvalue weighted by Crippen LogP contribution is -2.16. The molecule has 1 amide bonds. The highest BCUT2D eigenvalue weighted by Gasteiger charge is 2.20. The Labute approximate surface area is 140 Å². The SMILES string of the molecule is CCCc1nn(C)c(C(=O)Nc2ccc(OC)c(OC)c2)c1Cl. The highest BCUT2D eigenvalue weighted by atomic mass is 35.5. The number of rotatable bonds is 6. The molecule has 0 radical (unpaired) electrons. The highest BCUT2D eigenvalue weighted by molar-refractivity contribution is 6.34. The summed E-state index contributed by atoms with van der Waals surface area (Å²) in [6, 6.07) is 5.15. The third-order valence-corrected chi connectivity index (χ3v) is 3.80. The molecular formula is C16H20ClN3O3. The highest BCUT2D eigenvalue weighted by Crippen LogP contribution is 2.30. The lowest BCUT2D eigenvalue weighted by atomic mass is 10.2. The van der Waals surface area contributed by atoms with Gasteiger partial charge < -0.3 is 14.8 Å². The van der Waals surface area contributed by atoms with E-state index >= 15 is 0 Å². The van der Waals surface area contributed by atoms with Gasteiger partial charge in [0.2, 0.25) is 0 Å². The van der Waals surface area contributed by atoms with Crippen LogP contribution in [0.15, 0.2) is 18.2 Å². The van der Waals surface area contributed by atoms with Crippen LogP contribution in [0.25, 0.3) is 0 Å². The van der Waals surface area contributed by atoms with Gasteiger partial charge in [0.05, 0.1) is 24.9 Å². The number of aryl methyl sites for hydroxylation is 2. The van der Waals surface area contributed by atoms with Gasteiger partial charge in [-0.2, -0.15) is 5.10 Å². The minimum Gasteiger partial charge on any atom is -0.493 e. The molecule has 0 aliphatic heterocycles. The number of amides is 1. The molecule has 0 atom stereocenters. The van der Waals surface area contributed by atoms with Gasteiger partial charge in [-0.25, -0.2) is 0 Å². The van der Waals surface area contributed by atoms with Crippen LogP contribution >= 0.6 is 11.6 Å². The van der Waals surface area contributed by atoms with Crippen molar-refractivity contribution in [3.8, 4) is 11.5 Å². The van der Waals surface area contributed by atoms with Crippen LogP contribution in [0, 0.1) is 0 Å². The molecule has 0 spiro atoms. The molecule has 0 bridgehead atoms. The Kier molecular flexibility index (Phi) is 5.50. The molecule has 0 unspecified atom stereocenters. The molecule has 2 rings (SSSR count). The number of halogens is 1. The fraction of sp³-hybridized carbons (Fsp3) is 0.375. The zero-order valence-corrected chi connectivity index (χ0v) is 14.4. The molecule has 23 heavy (non-hydrogen) atoms. The van der Waals surface area contributed by atoms with E-state index in [2.05, 4.69) is 10.4 Å². The molecule has 0 saturated carbocycles. The van der Waals surface area contributed by atoms with Crippen LogP contribution in [-0.4, -0.2) is 29.9 Å². The summed E-state index contributed by atoms with van der Waals surface area (Å²) < 4.78 is 11.9. The molecule has 1 aromatic heterocycles. The van der Waals surface area contributed by atoms with Gasteiger partial charge in [-0.1, -0.05) is 24.9 Å². The Balaban J connectivity index is 2.26. The van der Waals surface area contributed by atoms with Crippen molar-refractivity contribution < 1.29 is 14.3 Å². The van der Waals surface area contributed by atoms with Gasteiger partial charge in [0.15, 0.2) is 11.5 Å². The zero-order chi connectivity index (χ0) is 17.0. The van der Waals surface area contributed by atoms with Crippen molar-refractivity contribution in [3.63, 3.8) is 0 Å². The fourth-order valence-corrected chi connectivity index (χ4v) is 2.64. The van der Waals surface area contributed by atoms with E-state index in [1.807, 2.05) is 6.92 Å². The summed E-state index contributed by atoms with van der Waals surface area (Å²) in [7, 11) is 4.80. The van der Waals surface area contributed by atoms with Gasteiger partial charge in [0, 0.05) is 18.8 Å². The number of benzene rings is 1. The molecule has 1 N–H and O–H groups in total. The number of nitrogens with zero attached hydrogens (tertiary/aromatic N) is 2. The maximum atomic E-state index is 12.5. The monoisotopic (exact) mass is 337 g/mol. The second-order valence-electron chi connectivity index (χ2n) is 5.01. The van der Waals surface area contributed by atoms with E-state index in [1.165, 1.54) is 4.68 Å². The minimum atomic E-state index is -0.320. The maximum Gasteiger partial charge on any atom is 0.275 e. The Morgan fingerprint density at radius 2 is 2.00 bits per heavy atom. The first-order valence-electron chi connectivity index (χ1n) is 7.26. The summed E-state index contributed by atoms with van der Waals surface area (Å²) in [6.07, 6.45) is 1.64. The average molecular weight is 338 g/mol. The summed E-state index contributed by atoms with van der Waals surface area (Å²) in [5.41, 5.74) is 1.65. The number of nitrogens with one attached hydrogen (secondary N) is 1. The third-order valence-electron chi connectivity index (χ3n) is 3.40. The van der Waals surface area contributed by atoms with Crippen LogP contribution in [0.1, 0.15) is 29.5 Å². The smallest absolute Gasteiger partial charge is 0.275 e. The van der Waals surface area contributed by atoms with Crippen LogP contribution in [0.4, 0.5) is 5.69 Å². The van der Waals surface area contributed by atoms with Gasteiger partial charge in [0.25, 0.3) is 5.91 Å². The Morgan fingerprint density at radius 1 is 1.30 bits per heavy atom. The predicted molar refractivity (Wildman–Crippen MR) is 89.7 cm³/mol. The predicted octanol–water partition coefficient (Wildman–Crippen LogP) is 3.30. The Hall–Kier alpha value is -2.21. The van der Waals surface area contributed by atoms with Crippen LogP contribution < -0.4 is 14.8 Å². The summed E-state index contributed by atoms with van der Waals surface area (Å²) >= 11 is 6.29. The van der Waals surface area contributed by atoms with Crippen molar-refractivity contribution in [1.29, 1.82) is 0 Å². The summed E-state index contributed by atoms with van der Waals surface area (Å²) in [5, 5.41) is 7.50. The number of methoxy groups -OCH3 is 2. The first-order chi connectivity index (χ1) is 11.0. The van der Waals surface area contributed by atoms with Crippen molar-refractivity contribution in [2.24, 2.45) is 7.05 Å². The van der Waals surface area contributed by atoms with Crippen molar-refractivity contribution in [1.82, 2.24) is 9.78 Å². The molecule has 124 valence electrons. The summed E-state index contributed by atoms with van der Waals surface area (Å²) in [5.74, 6) is 0.807. The van der Waals surface area contributed by atoms with Crippen LogP contribution in [0.2, 0.25) is 5.02 Å². The minimum absolute atomic E-state index is 0.320. The van der Waals surface area contributed by atoms with Crippen LogP contribution in [0.5, 0.6) is 11.5 Å². The number of hydrogen-bond donors (Lipinski definition) is 1. The fourth-order valence-electron chi connectivity index (χ4n) is 2.30. The zero-order valence-electron chi connectivity index (χ0n) is 13.6. The van der Waals surface area contributed by atoms with E-state index in [1.54, 1.807) is 39.5 Å². The van der Waals surface area contributed by atoms with Gasteiger partial charge in [-0.3, -0.25) is 9.48 Å². The lowest BCUT2D eigenvalue weighted by molar-refractivity contribution is 0.101. The van der Waals surface area contributed by atoms with E-state index < -0.39 is 0 Å². The number of carbonyl (C=O) groups is 1. The molecule has 0 fully saturated rings. The Bertz CT molecular complexity index is 713. The first kappa shape index (κ1) is 17.1. The van der Waals surface area contributed by atoms with E-state index in [-0.39, 0.29) is 5.91 Å². The number of carbonyl (C=O) groups excluding carboxylic acids is 1. The van der Waals surface area contributed by atoms with E-state index in [9.17, 15) is 4.79 Å². The van der Waals surface area contributed by atoms with Crippen LogP contribution in [-0.2, 0) is 13.5 Å². The molecule has 7 heteroatoms. The number of hydrogen-bond acceptors (Lipinski definition) is 4. The summed E-state index contributed by atoms with van der Waals surface area (Å²) in [4.78, 5) is 12.5. The molecule has 2 aromatic rings. The third kappa shape index (κ3) is 3.59. The number of aromatic nitrogens is 2. The molecule has 0 aliphatic carbocycles. The van der Waals surface area contributed by atoms with Crippen molar-refractivity contribution in [2.75, 3.05) is 19.5 Å². The molecule has 6 nitrogen and oxygen atoms in total. The van der Waals surface area contributed by atoms with Gasteiger partial charge in [-0.15, -0.1) is 0 Å². The van der Waals surface area contributed by atoms with Crippen molar-refractivity contribution in [2.45, 2.75) is 19.8 Å². The molecule has 0 saturated heterocycles. The maximum absolute atomic E-state index is 12.5. The second kappa shape index (κ2) is 7.37. The second-order valence-corrected chi connectivity index (χ2v) is 5.38. The molecular weight excluding hydrogens is 318 g/mol.